The second-order valence-corrected chi connectivity index (χ2v) is 3.24. The van der Waals surface area contributed by atoms with Gasteiger partial charge in [0, 0.05) is 17.8 Å². The van der Waals surface area contributed by atoms with Crippen LogP contribution in [0.4, 0.5) is 10.5 Å². The summed E-state index contributed by atoms with van der Waals surface area (Å²) in [4.78, 5) is 12.1. The summed E-state index contributed by atoms with van der Waals surface area (Å²) in [6.45, 7) is 1.90. The first-order chi connectivity index (χ1) is 6.02. The second kappa shape index (κ2) is 3.66. The number of hydrogen-bond acceptors (Lipinski definition) is 1. The van der Waals surface area contributed by atoms with Crippen LogP contribution in [0, 0.1) is 6.92 Å². The van der Waals surface area contributed by atoms with Crippen LogP contribution >= 0.6 is 11.6 Å². The third-order valence-electron chi connectivity index (χ3n) is 1.87. The van der Waals surface area contributed by atoms with Gasteiger partial charge < -0.3 is 5.73 Å². The van der Waals surface area contributed by atoms with Gasteiger partial charge >= 0.3 is 6.03 Å². The average molecular weight is 199 g/mol. The van der Waals surface area contributed by atoms with Gasteiger partial charge in [-0.2, -0.15) is 0 Å². The molecule has 2 amide bonds. The Bertz CT molecular complexity index is 338. The lowest BCUT2D eigenvalue weighted by Gasteiger charge is -2.14. The Morgan fingerprint density at radius 1 is 1.54 bits per heavy atom. The number of benzene rings is 1. The Morgan fingerprint density at radius 2 is 2.15 bits per heavy atom. The molecule has 1 aromatic rings. The summed E-state index contributed by atoms with van der Waals surface area (Å²) in [7, 11) is 1.60. The molecule has 0 spiro atoms. The molecule has 0 unspecified atom stereocenters. The topological polar surface area (TPSA) is 46.3 Å². The maximum atomic E-state index is 10.8. The van der Waals surface area contributed by atoms with Gasteiger partial charge in [0.15, 0.2) is 0 Å². The SMILES string of the molecule is Cc1ccc(N(C)C(N)=O)cc1Cl. The summed E-state index contributed by atoms with van der Waals surface area (Å²) in [5, 5.41) is 0.630. The minimum Gasteiger partial charge on any atom is -0.351 e. The van der Waals surface area contributed by atoms with Crippen LogP contribution in [-0.2, 0) is 0 Å². The molecule has 70 valence electrons. The van der Waals surface area contributed by atoms with Crippen molar-refractivity contribution in [1.29, 1.82) is 0 Å². The largest absolute Gasteiger partial charge is 0.351 e. The number of nitrogens with zero attached hydrogens (tertiary/aromatic N) is 1. The maximum absolute atomic E-state index is 10.8. The lowest BCUT2D eigenvalue weighted by molar-refractivity contribution is 0.255. The number of carbonyl (C=O) groups is 1. The second-order valence-electron chi connectivity index (χ2n) is 2.83. The summed E-state index contributed by atoms with van der Waals surface area (Å²) < 4.78 is 0. The number of carbonyl (C=O) groups excluding carboxylic acids is 1. The van der Waals surface area contributed by atoms with E-state index in [2.05, 4.69) is 0 Å². The Hall–Kier alpha value is -1.22. The number of rotatable bonds is 1. The van der Waals surface area contributed by atoms with E-state index in [4.69, 9.17) is 17.3 Å². The first kappa shape index (κ1) is 9.86. The zero-order chi connectivity index (χ0) is 10.0. The van der Waals surface area contributed by atoms with E-state index in [0.29, 0.717) is 10.7 Å². The molecule has 0 aliphatic heterocycles. The lowest BCUT2D eigenvalue weighted by Crippen LogP contribution is -2.31. The molecule has 0 aromatic heterocycles. The Balaban J connectivity index is 3.03. The highest BCUT2D eigenvalue weighted by atomic mass is 35.5. The predicted octanol–water partition coefficient (Wildman–Crippen LogP) is 2.16. The molecule has 0 bridgehead atoms. The van der Waals surface area contributed by atoms with Crippen LogP contribution in [0.5, 0.6) is 0 Å². The number of halogens is 1. The normalized spacial score (nSPS) is 9.77. The fraction of sp³-hybridized carbons (Fsp3) is 0.222. The van der Waals surface area contributed by atoms with Crippen LogP contribution in [0.2, 0.25) is 5.02 Å². The summed E-state index contributed by atoms with van der Waals surface area (Å²) >= 11 is 5.88. The zero-order valence-corrected chi connectivity index (χ0v) is 8.30. The van der Waals surface area contributed by atoms with Crippen molar-refractivity contribution in [2.75, 3.05) is 11.9 Å². The zero-order valence-electron chi connectivity index (χ0n) is 7.54. The fourth-order valence-electron chi connectivity index (χ4n) is 0.918. The lowest BCUT2D eigenvalue weighted by atomic mass is 10.2. The molecule has 0 aliphatic rings. The molecule has 0 aliphatic carbocycles. The molecule has 0 radical (unpaired) electrons. The van der Waals surface area contributed by atoms with Crippen molar-refractivity contribution in [1.82, 2.24) is 0 Å². The van der Waals surface area contributed by atoms with Gasteiger partial charge in [-0.15, -0.1) is 0 Å². The number of anilines is 1. The van der Waals surface area contributed by atoms with Crippen LogP contribution < -0.4 is 10.6 Å². The highest BCUT2D eigenvalue weighted by Crippen LogP contribution is 2.21. The Labute approximate surface area is 82.1 Å². The van der Waals surface area contributed by atoms with Crippen LogP contribution in [-0.4, -0.2) is 13.1 Å². The van der Waals surface area contributed by atoms with E-state index in [9.17, 15) is 4.79 Å². The Morgan fingerprint density at radius 3 is 2.62 bits per heavy atom. The molecule has 0 saturated heterocycles. The molecular formula is C9H11ClN2O. The molecule has 13 heavy (non-hydrogen) atoms. The molecule has 0 fully saturated rings. The molecule has 4 heteroatoms. The monoisotopic (exact) mass is 198 g/mol. The summed E-state index contributed by atoms with van der Waals surface area (Å²) in [6.07, 6.45) is 0. The van der Waals surface area contributed by atoms with Crippen molar-refractivity contribution >= 4 is 23.3 Å². The molecule has 1 aromatic carbocycles. The average Bonchev–Trinajstić information content (AvgIpc) is 2.08. The predicted molar refractivity (Wildman–Crippen MR) is 54.2 cm³/mol. The minimum absolute atomic E-state index is 0.500. The first-order valence-corrected chi connectivity index (χ1v) is 4.19. The number of nitrogens with two attached hydrogens (primary N) is 1. The van der Waals surface area contributed by atoms with Gasteiger partial charge in [0.1, 0.15) is 0 Å². The molecule has 0 heterocycles. The summed E-state index contributed by atoms with van der Waals surface area (Å²) in [5.41, 5.74) is 6.77. The van der Waals surface area contributed by atoms with Gasteiger partial charge in [-0.3, -0.25) is 4.90 Å². The van der Waals surface area contributed by atoms with Crippen LogP contribution in [0.1, 0.15) is 5.56 Å². The smallest absolute Gasteiger partial charge is 0.318 e. The number of urea groups is 1. The minimum atomic E-state index is -0.500. The van der Waals surface area contributed by atoms with Gasteiger partial charge in [-0.25, -0.2) is 4.79 Å². The summed E-state index contributed by atoms with van der Waals surface area (Å²) in [5.74, 6) is 0. The quantitative estimate of drug-likeness (QED) is 0.739. The van der Waals surface area contributed by atoms with Crippen molar-refractivity contribution in [3.63, 3.8) is 0 Å². The Kier molecular flexibility index (Phi) is 2.78. The fourth-order valence-corrected chi connectivity index (χ4v) is 1.09. The van der Waals surface area contributed by atoms with Crippen LogP contribution in [0.15, 0.2) is 18.2 Å². The molecular weight excluding hydrogens is 188 g/mol. The number of hydrogen-bond donors (Lipinski definition) is 1. The first-order valence-electron chi connectivity index (χ1n) is 3.81. The van der Waals surface area contributed by atoms with E-state index in [0.717, 1.165) is 5.56 Å². The van der Waals surface area contributed by atoms with Crippen molar-refractivity contribution in [2.45, 2.75) is 6.92 Å². The maximum Gasteiger partial charge on any atom is 0.318 e. The van der Waals surface area contributed by atoms with E-state index < -0.39 is 6.03 Å². The van der Waals surface area contributed by atoms with Crippen molar-refractivity contribution < 1.29 is 4.79 Å². The molecule has 0 atom stereocenters. The van der Waals surface area contributed by atoms with E-state index >= 15 is 0 Å². The molecule has 2 N–H and O–H groups in total. The number of primary amides is 1. The van der Waals surface area contributed by atoms with Gasteiger partial charge in [0.25, 0.3) is 0 Å². The highest BCUT2D eigenvalue weighted by Gasteiger charge is 2.06. The highest BCUT2D eigenvalue weighted by molar-refractivity contribution is 6.31. The third-order valence-corrected chi connectivity index (χ3v) is 2.28. The molecule has 1 rings (SSSR count). The van der Waals surface area contributed by atoms with E-state index in [-0.39, 0.29) is 0 Å². The number of aryl methyl sites for hydroxylation is 1. The third kappa shape index (κ3) is 2.12. The molecule has 3 nitrogen and oxygen atoms in total. The van der Waals surface area contributed by atoms with E-state index in [1.54, 1.807) is 19.2 Å². The van der Waals surface area contributed by atoms with E-state index in [1.165, 1.54) is 4.90 Å². The van der Waals surface area contributed by atoms with Crippen molar-refractivity contribution in [2.24, 2.45) is 5.73 Å². The van der Waals surface area contributed by atoms with Crippen molar-refractivity contribution in [3.05, 3.63) is 28.8 Å². The van der Waals surface area contributed by atoms with Gasteiger partial charge in [0.05, 0.1) is 0 Å². The molecule has 0 saturated carbocycles. The van der Waals surface area contributed by atoms with Crippen LogP contribution in [0.25, 0.3) is 0 Å². The van der Waals surface area contributed by atoms with Gasteiger partial charge in [0.2, 0.25) is 0 Å². The van der Waals surface area contributed by atoms with Gasteiger partial charge in [-0.1, -0.05) is 17.7 Å². The number of amides is 2. The van der Waals surface area contributed by atoms with Crippen molar-refractivity contribution in [3.8, 4) is 0 Å². The van der Waals surface area contributed by atoms with Gasteiger partial charge in [-0.05, 0) is 24.6 Å². The van der Waals surface area contributed by atoms with Crippen LogP contribution in [0.3, 0.4) is 0 Å². The standard InChI is InChI=1S/C9H11ClN2O/c1-6-3-4-7(5-8(6)10)12(2)9(11)13/h3-5H,1-2H3,(H2,11,13). The van der Waals surface area contributed by atoms with E-state index in [1.807, 2.05) is 13.0 Å². The summed E-state index contributed by atoms with van der Waals surface area (Å²) in [6, 6.07) is 4.85.